The molecule has 0 fully saturated rings. The summed E-state index contributed by atoms with van der Waals surface area (Å²) in [4.78, 5) is 20.5. The summed E-state index contributed by atoms with van der Waals surface area (Å²) in [5.74, 6) is -1.05. The Balaban J connectivity index is 1.93. The maximum absolute atomic E-state index is 11.6. The first-order chi connectivity index (χ1) is 11.6. The summed E-state index contributed by atoms with van der Waals surface area (Å²) in [6.07, 6.45) is 3.27. The Morgan fingerprint density at radius 3 is 2.75 bits per heavy atom. The molecule has 0 spiro atoms. The van der Waals surface area contributed by atoms with Crippen molar-refractivity contribution in [1.29, 1.82) is 0 Å². The standard InChI is InChI=1S/C17H12N4O2S/c1-9-3-2-4-11-12(9)20-21-13(11)16-19-14(17(22)23)15(24-16)10-5-7-18-8-6-10/h2-8H,1H3,(H,20,21)(H,22,23). The number of aryl methyl sites for hydroxylation is 1. The zero-order valence-corrected chi connectivity index (χ0v) is 13.5. The fourth-order valence-corrected chi connectivity index (χ4v) is 3.69. The molecule has 6 nitrogen and oxygen atoms in total. The highest BCUT2D eigenvalue weighted by Crippen LogP contribution is 2.37. The number of rotatable bonds is 3. The topological polar surface area (TPSA) is 91.8 Å². The van der Waals surface area contributed by atoms with Crippen LogP contribution in [0, 0.1) is 6.92 Å². The van der Waals surface area contributed by atoms with Crippen molar-refractivity contribution >= 4 is 28.2 Å². The third-order valence-electron chi connectivity index (χ3n) is 3.77. The van der Waals surface area contributed by atoms with E-state index in [0.29, 0.717) is 9.88 Å². The number of para-hydroxylation sites is 1. The van der Waals surface area contributed by atoms with E-state index in [0.717, 1.165) is 27.7 Å². The smallest absolute Gasteiger partial charge is 0.356 e. The van der Waals surface area contributed by atoms with Gasteiger partial charge in [0.05, 0.1) is 10.4 Å². The van der Waals surface area contributed by atoms with Crippen LogP contribution in [-0.2, 0) is 0 Å². The molecule has 2 N–H and O–H groups in total. The molecule has 0 radical (unpaired) electrons. The molecule has 0 saturated carbocycles. The van der Waals surface area contributed by atoms with E-state index < -0.39 is 5.97 Å². The van der Waals surface area contributed by atoms with E-state index >= 15 is 0 Å². The van der Waals surface area contributed by atoms with Crippen molar-refractivity contribution in [2.24, 2.45) is 0 Å². The van der Waals surface area contributed by atoms with Crippen LogP contribution in [0.2, 0.25) is 0 Å². The second-order valence-electron chi connectivity index (χ2n) is 5.31. The van der Waals surface area contributed by atoms with Gasteiger partial charge in [-0.1, -0.05) is 18.2 Å². The number of benzene rings is 1. The van der Waals surface area contributed by atoms with Crippen LogP contribution < -0.4 is 0 Å². The molecule has 3 aromatic heterocycles. The lowest BCUT2D eigenvalue weighted by atomic mass is 10.1. The minimum Gasteiger partial charge on any atom is -0.476 e. The van der Waals surface area contributed by atoms with Crippen molar-refractivity contribution in [3.05, 3.63) is 54.0 Å². The highest BCUT2D eigenvalue weighted by atomic mass is 32.1. The van der Waals surface area contributed by atoms with Gasteiger partial charge in [0.2, 0.25) is 0 Å². The molecule has 4 aromatic rings. The summed E-state index contributed by atoms with van der Waals surface area (Å²) >= 11 is 1.33. The molecule has 0 atom stereocenters. The van der Waals surface area contributed by atoms with Crippen LogP contribution in [0.1, 0.15) is 16.1 Å². The number of carbonyl (C=O) groups is 1. The zero-order valence-electron chi connectivity index (χ0n) is 12.6. The normalized spacial score (nSPS) is 11.0. The van der Waals surface area contributed by atoms with Crippen molar-refractivity contribution in [2.75, 3.05) is 0 Å². The van der Waals surface area contributed by atoms with Gasteiger partial charge in [-0.15, -0.1) is 11.3 Å². The molecular formula is C17H12N4O2S. The number of hydrogen-bond donors (Lipinski definition) is 2. The van der Waals surface area contributed by atoms with Gasteiger partial charge >= 0.3 is 5.97 Å². The van der Waals surface area contributed by atoms with E-state index in [9.17, 15) is 9.90 Å². The first-order valence-electron chi connectivity index (χ1n) is 7.23. The summed E-state index contributed by atoms with van der Waals surface area (Å²) in [6, 6.07) is 9.44. The van der Waals surface area contributed by atoms with E-state index in [4.69, 9.17) is 0 Å². The molecular weight excluding hydrogens is 324 g/mol. The largest absolute Gasteiger partial charge is 0.476 e. The SMILES string of the molecule is Cc1cccc2c(-c3nc(C(=O)O)c(-c4ccncc4)s3)[nH]nc12. The number of nitrogens with one attached hydrogen (secondary N) is 1. The first kappa shape index (κ1) is 14.5. The second-order valence-corrected chi connectivity index (χ2v) is 6.31. The Bertz CT molecular complexity index is 1050. The summed E-state index contributed by atoms with van der Waals surface area (Å²) in [5.41, 5.74) is 3.48. The molecule has 0 aliphatic heterocycles. The Morgan fingerprint density at radius 2 is 2.00 bits per heavy atom. The molecule has 0 aliphatic rings. The van der Waals surface area contributed by atoms with E-state index in [-0.39, 0.29) is 5.69 Å². The van der Waals surface area contributed by atoms with E-state index in [1.54, 1.807) is 24.5 Å². The van der Waals surface area contributed by atoms with Crippen LogP contribution in [0.15, 0.2) is 42.7 Å². The fraction of sp³-hybridized carbons (Fsp3) is 0.0588. The number of aromatic amines is 1. The number of pyridine rings is 1. The minimum atomic E-state index is -1.05. The molecule has 24 heavy (non-hydrogen) atoms. The van der Waals surface area contributed by atoms with Gasteiger partial charge in [0, 0.05) is 17.8 Å². The third-order valence-corrected chi connectivity index (χ3v) is 4.89. The van der Waals surface area contributed by atoms with Gasteiger partial charge in [0.25, 0.3) is 0 Å². The van der Waals surface area contributed by atoms with Gasteiger partial charge in [-0.25, -0.2) is 9.78 Å². The quantitative estimate of drug-likeness (QED) is 0.594. The van der Waals surface area contributed by atoms with Crippen LogP contribution in [-0.4, -0.2) is 31.2 Å². The number of carboxylic acid groups (broad SMARTS) is 1. The molecule has 0 unspecified atom stereocenters. The molecule has 3 heterocycles. The van der Waals surface area contributed by atoms with E-state index in [1.807, 2.05) is 25.1 Å². The summed E-state index contributed by atoms with van der Waals surface area (Å²) < 4.78 is 0. The number of thiazole rings is 1. The lowest BCUT2D eigenvalue weighted by molar-refractivity contribution is 0.0692. The van der Waals surface area contributed by atoms with Crippen LogP contribution in [0.4, 0.5) is 0 Å². The molecule has 0 bridgehead atoms. The molecule has 1 aromatic carbocycles. The van der Waals surface area contributed by atoms with Crippen molar-refractivity contribution < 1.29 is 9.90 Å². The fourth-order valence-electron chi connectivity index (χ4n) is 2.62. The predicted molar refractivity (Wildman–Crippen MR) is 92.1 cm³/mol. The van der Waals surface area contributed by atoms with Crippen LogP contribution in [0.3, 0.4) is 0 Å². The molecule has 4 rings (SSSR count). The molecule has 118 valence electrons. The monoisotopic (exact) mass is 336 g/mol. The maximum atomic E-state index is 11.6. The van der Waals surface area contributed by atoms with E-state index in [1.165, 1.54) is 11.3 Å². The number of nitrogens with zero attached hydrogens (tertiary/aromatic N) is 3. The summed E-state index contributed by atoms with van der Waals surface area (Å²) in [5, 5.41) is 18.4. The maximum Gasteiger partial charge on any atom is 0.356 e. The highest BCUT2D eigenvalue weighted by Gasteiger charge is 2.21. The number of fused-ring (bicyclic) bond motifs is 1. The predicted octanol–water partition coefficient (Wildman–Crippen LogP) is 3.76. The Hall–Kier alpha value is -3.06. The molecule has 0 amide bonds. The molecule has 0 saturated heterocycles. The Morgan fingerprint density at radius 1 is 1.21 bits per heavy atom. The molecule has 7 heteroatoms. The van der Waals surface area contributed by atoms with Gasteiger partial charge in [0.15, 0.2) is 5.69 Å². The van der Waals surface area contributed by atoms with Gasteiger partial charge in [0.1, 0.15) is 10.7 Å². The average molecular weight is 336 g/mol. The summed E-state index contributed by atoms with van der Waals surface area (Å²) in [6.45, 7) is 1.99. The number of hydrogen-bond acceptors (Lipinski definition) is 5. The Kier molecular flexibility index (Phi) is 3.35. The lowest BCUT2D eigenvalue weighted by Gasteiger charge is -1.96. The highest BCUT2D eigenvalue weighted by molar-refractivity contribution is 7.18. The second kappa shape index (κ2) is 5.54. The van der Waals surface area contributed by atoms with Gasteiger partial charge in [-0.3, -0.25) is 10.1 Å². The zero-order chi connectivity index (χ0) is 16.7. The molecule has 0 aliphatic carbocycles. The van der Waals surface area contributed by atoms with Crippen LogP contribution in [0.25, 0.3) is 32.0 Å². The first-order valence-corrected chi connectivity index (χ1v) is 8.05. The van der Waals surface area contributed by atoms with Crippen LogP contribution in [0.5, 0.6) is 0 Å². The number of carboxylic acids is 1. The van der Waals surface area contributed by atoms with Crippen molar-refractivity contribution in [3.8, 4) is 21.1 Å². The van der Waals surface area contributed by atoms with Crippen molar-refractivity contribution in [3.63, 3.8) is 0 Å². The Labute approximate surface area is 140 Å². The number of aromatic nitrogens is 4. The van der Waals surface area contributed by atoms with Crippen molar-refractivity contribution in [2.45, 2.75) is 6.92 Å². The lowest BCUT2D eigenvalue weighted by Crippen LogP contribution is -1.98. The van der Waals surface area contributed by atoms with Gasteiger partial charge in [-0.2, -0.15) is 5.10 Å². The number of aromatic carboxylic acids is 1. The average Bonchev–Trinajstić information content (AvgIpc) is 3.20. The van der Waals surface area contributed by atoms with Crippen LogP contribution >= 0.6 is 11.3 Å². The number of H-pyrrole nitrogens is 1. The summed E-state index contributed by atoms with van der Waals surface area (Å²) in [7, 11) is 0. The van der Waals surface area contributed by atoms with Gasteiger partial charge < -0.3 is 5.11 Å². The van der Waals surface area contributed by atoms with E-state index in [2.05, 4.69) is 20.2 Å². The minimum absolute atomic E-state index is 0.0385. The third kappa shape index (κ3) is 2.26. The van der Waals surface area contributed by atoms with Gasteiger partial charge in [-0.05, 0) is 30.2 Å². The van der Waals surface area contributed by atoms with Crippen molar-refractivity contribution in [1.82, 2.24) is 20.2 Å².